The van der Waals surface area contributed by atoms with E-state index in [1.165, 1.54) is 6.26 Å². The fraction of sp³-hybridized carbons (Fsp3) is 0.588. The van der Waals surface area contributed by atoms with E-state index in [-0.39, 0.29) is 36.0 Å². The fourth-order valence-electron chi connectivity index (χ4n) is 3.51. The van der Waals surface area contributed by atoms with Gasteiger partial charge in [-0.3, -0.25) is 14.4 Å². The summed E-state index contributed by atoms with van der Waals surface area (Å²) in [5, 5.41) is 2.69. The Morgan fingerprint density at radius 2 is 2.25 bits per heavy atom. The molecule has 2 aliphatic heterocycles. The molecular formula is C17H23N3O4. The third-order valence-electron chi connectivity index (χ3n) is 4.90. The number of furan rings is 1. The van der Waals surface area contributed by atoms with Crippen molar-refractivity contribution in [2.45, 2.75) is 19.8 Å². The summed E-state index contributed by atoms with van der Waals surface area (Å²) in [4.78, 5) is 39.6. The van der Waals surface area contributed by atoms with Gasteiger partial charge in [-0.1, -0.05) is 0 Å². The van der Waals surface area contributed by atoms with Crippen molar-refractivity contribution in [3.05, 3.63) is 23.7 Å². The normalized spacial score (nSPS) is 23.4. The molecule has 0 radical (unpaired) electrons. The van der Waals surface area contributed by atoms with Gasteiger partial charge in [0.25, 0.3) is 5.91 Å². The predicted octanol–water partition coefficient (Wildman–Crippen LogP) is 0.645. The van der Waals surface area contributed by atoms with Gasteiger partial charge in [-0.15, -0.1) is 0 Å². The van der Waals surface area contributed by atoms with E-state index in [9.17, 15) is 14.4 Å². The molecule has 7 heteroatoms. The van der Waals surface area contributed by atoms with Crippen LogP contribution in [0.25, 0.3) is 0 Å². The highest BCUT2D eigenvalue weighted by molar-refractivity contribution is 5.95. The molecule has 2 aliphatic rings. The van der Waals surface area contributed by atoms with Crippen molar-refractivity contribution in [1.29, 1.82) is 0 Å². The fourth-order valence-corrected chi connectivity index (χ4v) is 3.51. The lowest BCUT2D eigenvalue weighted by Crippen LogP contribution is -2.38. The number of carbonyl (C=O) groups is 3. The third kappa shape index (κ3) is 3.29. The number of hydrogen-bond acceptors (Lipinski definition) is 4. The van der Waals surface area contributed by atoms with E-state index >= 15 is 0 Å². The van der Waals surface area contributed by atoms with Gasteiger partial charge in [-0.2, -0.15) is 0 Å². The molecule has 0 aromatic carbocycles. The first kappa shape index (κ1) is 16.5. The Morgan fingerprint density at radius 3 is 2.88 bits per heavy atom. The lowest BCUT2D eigenvalue weighted by Gasteiger charge is -2.24. The van der Waals surface area contributed by atoms with Crippen molar-refractivity contribution in [3.8, 4) is 0 Å². The average molecular weight is 333 g/mol. The molecule has 3 rings (SSSR count). The first-order valence-electron chi connectivity index (χ1n) is 8.30. The maximum Gasteiger partial charge on any atom is 0.257 e. The van der Waals surface area contributed by atoms with Crippen LogP contribution in [0.2, 0.25) is 0 Å². The molecule has 2 saturated heterocycles. The van der Waals surface area contributed by atoms with Crippen LogP contribution in [0.3, 0.4) is 0 Å². The van der Waals surface area contributed by atoms with Crippen LogP contribution in [0.15, 0.2) is 16.7 Å². The smallest absolute Gasteiger partial charge is 0.257 e. The standard InChI is InChI=1S/C17H23N3O4/c1-11-14(4-6-24-11)17(23)20-5-3-12(10-20)9-19(2)16(22)13-7-15(21)18-8-13/h4,6,12-13H,3,5,7-10H2,1-2H3,(H,18,21). The predicted molar refractivity (Wildman–Crippen MR) is 86.2 cm³/mol. The number of likely N-dealkylation sites (tertiary alicyclic amines) is 1. The Kier molecular flexibility index (Phi) is 4.59. The molecule has 2 atom stereocenters. The molecule has 3 amide bonds. The summed E-state index contributed by atoms with van der Waals surface area (Å²) < 4.78 is 5.20. The molecule has 0 saturated carbocycles. The molecule has 2 fully saturated rings. The number of nitrogens with one attached hydrogen (secondary N) is 1. The Hall–Kier alpha value is -2.31. The lowest BCUT2D eigenvalue weighted by atomic mass is 10.0. The molecule has 2 unspecified atom stereocenters. The van der Waals surface area contributed by atoms with E-state index in [4.69, 9.17) is 4.42 Å². The summed E-state index contributed by atoms with van der Waals surface area (Å²) in [6, 6.07) is 1.70. The summed E-state index contributed by atoms with van der Waals surface area (Å²) >= 11 is 0. The zero-order valence-electron chi connectivity index (χ0n) is 14.1. The first-order chi connectivity index (χ1) is 11.5. The second-order valence-corrected chi connectivity index (χ2v) is 6.72. The van der Waals surface area contributed by atoms with Gasteiger partial charge >= 0.3 is 0 Å². The molecule has 130 valence electrons. The van der Waals surface area contributed by atoms with Crippen molar-refractivity contribution in [1.82, 2.24) is 15.1 Å². The van der Waals surface area contributed by atoms with E-state index in [0.29, 0.717) is 37.5 Å². The number of rotatable bonds is 4. The van der Waals surface area contributed by atoms with Gasteiger partial charge in [-0.25, -0.2) is 0 Å². The second-order valence-electron chi connectivity index (χ2n) is 6.72. The number of hydrogen-bond donors (Lipinski definition) is 1. The summed E-state index contributed by atoms with van der Waals surface area (Å²) in [5.41, 5.74) is 0.607. The lowest BCUT2D eigenvalue weighted by molar-refractivity contribution is -0.135. The van der Waals surface area contributed by atoms with Gasteiger partial charge in [0.05, 0.1) is 17.7 Å². The van der Waals surface area contributed by atoms with E-state index in [1.807, 2.05) is 4.90 Å². The van der Waals surface area contributed by atoms with E-state index in [0.717, 1.165) is 6.42 Å². The molecule has 0 spiro atoms. The summed E-state index contributed by atoms with van der Waals surface area (Å²) in [6.07, 6.45) is 2.68. The molecule has 1 aromatic rings. The topological polar surface area (TPSA) is 82.9 Å². The van der Waals surface area contributed by atoms with Crippen LogP contribution in [-0.2, 0) is 9.59 Å². The van der Waals surface area contributed by atoms with Gasteiger partial charge in [0.2, 0.25) is 11.8 Å². The Bertz CT molecular complexity index is 654. The minimum Gasteiger partial charge on any atom is -0.469 e. The van der Waals surface area contributed by atoms with Crippen LogP contribution >= 0.6 is 0 Å². The molecule has 7 nitrogen and oxygen atoms in total. The molecule has 1 aromatic heterocycles. The molecule has 24 heavy (non-hydrogen) atoms. The van der Waals surface area contributed by atoms with Crippen LogP contribution in [-0.4, -0.2) is 60.7 Å². The van der Waals surface area contributed by atoms with Crippen molar-refractivity contribution < 1.29 is 18.8 Å². The zero-order chi connectivity index (χ0) is 17.3. The highest BCUT2D eigenvalue weighted by Gasteiger charge is 2.33. The van der Waals surface area contributed by atoms with E-state index < -0.39 is 0 Å². The van der Waals surface area contributed by atoms with Gasteiger partial charge in [0.1, 0.15) is 5.76 Å². The second kappa shape index (κ2) is 6.67. The summed E-state index contributed by atoms with van der Waals surface area (Å²) in [7, 11) is 1.77. The van der Waals surface area contributed by atoms with Crippen molar-refractivity contribution in [2.24, 2.45) is 11.8 Å². The largest absolute Gasteiger partial charge is 0.469 e. The zero-order valence-corrected chi connectivity index (χ0v) is 14.1. The van der Waals surface area contributed by atoms with Crippen LogP contribution < -0.4 is 5.32 Å². The van der Waals surface area contributed by atoms with Crippen LogP contribution in [0.4, 0.5) is 0 Å². The number of aryl methyl sites for hydroxylation is 1. The number of carbonyl (C=O) groups excluding carboxylic acids is 3. The van der Waals surface area contributed by atoms with E-state index in [1.54, 1.807) is 24.9 Å². The molecule has 3 heterocycles. The van der Waals surface area contributed by atoms with Crippen molar-refractivity contribution in [2.75, 3.05) is 33.2 Å². The van der Waals surface area contributed by atoms with Gasteiger partial charge in [0.15, 0.2) is 0 Å². The van der Waals surface area contributed by atoms with Crippen LogP contribution in [0, 0.1) is 18.8 Å². The maximum atomic E-state index is 12.5. The van der Waals surface area contributed by atoms with Crippen LogP contribution in [0.1, 0.15) is 29.0 Å². The highest BCUT2D eigenvalue weighted by atomic mass is 16.3. The Labute approximate surface area is 141 Å². The summed E-state index contributed by atoms with van der Waals surface area (Å²) in [6.45, 7) is 4.15. The quantitative estimate of drug-likeness (QED) is 0.877. The van der Waals surface area contributed by atoms with Crippen molar-refractivity contribution in [3.63, 3.8) is 0 Å². The SMILES string of the molecule is Cc1occc1C(=O)N1CCC(CN(C)C(=O)C2CNC(=O)C2)C1. The molecule has 0 bridgehead atoms. The maximum absolute atomic E-state index is 12.5. The molecule has 0 aliphatic carbocycles. The Balaban J connectivity index is 1.52. The van der Waals surface area contributed by atoms with Gasteiger partial charge in [-0.05, 0) is 25.3 Å². The number of amides is 3. The minimum atomic E-state index is -0.254. The minimum absolute atomic E-state index is 0.00352. The average Bonchev–Trinajstić information content (AvgIpc) is 3.27. The monoisotopic (exact) mass is 333 g/mol. The van der Waals surface area contributed by atoms with Gasteiger partial charge < -0.3 is 19.5 Å². The van der Waals surface area contributed by atoms with E-state index in [2.05, 4.69) is 5.32 Å². The highest BCUT2D eigenvalue weighted by Crippen LogP contribution is 2.22. The van der Waals surface area contributed by atoms with Crippen molar-refractivity contribution >= 4 is 17.7 Å². The number of nitrogens with zero attached hydrogens (tertiary/aromatic N) is 2. The van der Waals surface area contributed by atoms with Gasteiger partial charge in [0, 0.05) is 39.6 Å². The molecular weight excluding hydrogens is 310 g/mol. The first-order valence-corrected chi connectivity index (χ1v) is 8.30. The third-order valence-corrected chi connectivity index (χ3v) is 4.90. The molecule has 1 N–H and O–H groups in total. The summed E-state index contributed by atoms with van der Waals surface area (Å²) in [5.74, 6) is 0.575. The Morgan fingerprint density at radius 1 is 1.46 bits per heavy atom. The van der Waals surface area contributed by atoms with Crippen LogP contribution in [0.5, 0.6) is 0 Å².